The second kappa shape index (κ2) is 8.13. The van der Waals surface area contributed by atoms with E-state index >= 15 is 0 Å². The average molecular weight is 327 g/mol. The Hall–Kier alpha value is -2.11. The van der Waals surface area contributed by atoms with Crippen molar-refractivity contribution in [2.45, 2.75) is 20.0 Å². The number of carbonyl (C=O) groups excluding carboxylic acids is 1. The fourth-order valence-electron chi connectivity index (χ4n) is 2.96. The van der Waals surface area contributed by atoms with Crippen LogP contribution in [0.15, 0.2) is 47.1 Å². The Morgan fingerprint density at radius 2 is 1.71 bits per heavy atom. The zero-order valence-corrected chi connectivity index (χ0v) is 14.2. The molecule has 5 heteroatoms. The molecule has 0 saturated carbocycles. The zero-order chi connectivity index (χ0) is 16.8. The maximum Gasteiger partial charge on any atom is 0.287 e. The van der Waals surface area contributed by atoms with Gasteiger partial charge in [-0.3, -0.25) is 9.69 Å². The second-order valence-corrected chi connectivity index (χ2v) is 6.19. The highest BCUT2D eigenvalue weighted by atomic mass is 16.3. The van der Waals surface area contributed by atoms with Crippen molar-refractivity contribution in [1.82, 2.24) is 15.1 Å². The molecule has 128 valence electrons. The van der Waals surface area contributed by atoms with Gasteiger partial charge in [0.05, 0.1) is 6.26 Å². The minimum absolute atomic E-state index is 0.183. The van der Waals surface area contributed by atoms with Crippen molar-refractivity contribution in [3.63, 3.8) is 0 Å². The van der Waals surface area contributed by atoms with Crippen molar-refractivity contribution in [2.75, 3.05) is 32.7 Å². The molecule has 1 aromatic carbocycles. The Morgan fingerprint density at radius 3 is 2.33 bits per heavy atom. The molecule has 2 aromatic rings. The van der Waals surface area contributed by atoms with E-state index < -0.39 is 0 Å². The lowest BCUT2D eigenvalue weighted by Crippen LogP contribution is -2.45. The molecule has 1 saturated heterocycles. The molecule has 0 atom stereocenters. The van der Waals surface area contributed by atoms with Gasteiger partial charge in [-0.15, -0.1) is 0 Å². The molecule has 1 aliphatic heterocycles. The van der Waals surface area contributed by atoms with Crippen molar-refractivity contribution in [3.05, 3.63) is 59.5 Å². The maximum atomic E-state index is 11.8. The summed E-state index contributed by atoms with van der Waals surface area (Å²) in [7, 11) is 0. The lowest BCUT2D eigenvalue weighted by Gasteiger charge is -2.34. The quantitative estimate of drug-likeness (QED) is 0.885. The third-order valence-corrected chi connectivity index (χ3v) is 4.54. The molecular weight excluding hydrogens is 302 g/mol. The molecule has 0 spiro atoms. The van der Waals surface area contributed by atoms with Gasteiger partial charge in [0.2, 0.25) is 0 Å². The number of hydrogen-bond donors (Lipinski definition) is 1. The van der Waals surface area contributed by atoms with Gasteiger partial charge in [0.1, 0.15) is 0 Å². The highest BCUT2D eigenvalue weighted by molar-refractivity contribution is 5.91. The summed E-state index contributed by atoms with van der Waals surface area (Å²) in [4.78, 5) is 16.8. The van der Waals surface area contributed by atoms with Gasteiger partial charge >= 0.3 is 0 Å². The Balaban J connectivity index is 1.46. The highest BCUT2D eigenvalue weighted by Gasteiger charge is 2.15. The lowest BCUT2D eigenvalue weighted by atomic mass is 10.1. The first-order chi connectivity index (χ1) is 11.7. The summed E-state index contributed by atoms with van der Waals surface area (Å²) in [6, 6.07) is 11.8. The summed E-state index contributed by atoms with van der Waals surface area (Å²) in [6.45, 7) is 9.46. The largest absolute Gasteiger partial charge is 0.459 e. The first-order valence-electron chi connectivity index (χ1n) is 8.59. The normalized spacial score (nSPS) is 16.2. The predicted octanol–water partition coefficient (Wildman–Crippen LogP) is 2.35. The zero-order valence-electron chi connectivity index (χ0n) is 14.2. The van der Waals surface area contributed by atoms with E-state index in [9.17, 15) is 4.79 Å². The Kier molecular flexibility index (Phi) is 5.67. The summed E-state index contributed by atoms with van der Waals surface area (Å²) in [5.74, 6) is 0.163. The minimum atomic E-state index is -0.183. The van der Waals surface area contributed by atoms with Crippen molar-refractivity contribution in [3.8, 4) is 0 Å². The monoisotopic (exact) mass is 327 g/mol. The number of rotatable bonds is 6. The molecule has 24 heavy (non-hydrogen) atoms. The average Bonchev–Trinajstić information content (AvgIpc) is 3.16. The molecule has 1 N–H and O–H groups in total. The van der Waals surface area contributed by atoms with Crippen molar-refractivity contribution < 1.29 is 9.21 Å². The van der Waals surface area contributed by atoms with Gasteiger partial charge in [-0.1, -0.05) is 31.2 Å². The van der Waals surface area contributed by atoms with Crippen LogP contribution in [-0.4, -0.2) is 48.4 Å². The first kappa shape index (κ1) is 16.7. The van der Waals surface area contributed by atoms with Crippen LogP contribution in [0.1, 0.15) is 28.6 Å². The molecule has 1 fully saturated rings. The fourth-order valence-corrected chi connectivity index (χ4v) is 2.96. The van der Waals surface area contributed by atoms with E-state index in [0.29, 0.717) is 12.3 Å². The van der Waals surface area contributed by atoms with Gasteiger partial charge in [-0.2, -0.15) is 0 Å². The van der Waals surface area contributed by atoms with Crippen LogP contribution < -0.4 is 5.32 Å². The molecule has 0 bridgehead atoms. The third kappa shape index (κ3) is 4.46. The van der Waals surface area contributed by atoms with Crippen LogP contribution in [0.4, 0.5) is 0 Å². The van der Waals surface area contributed by atoms with E-state index in [1.54, 1.807) is 12.1 Å². The van der Waals surface area contributed by atoms with Gasteiger partial charge in [-0.25, -0.2) is 0 Å². The summed E-state index contributed by atoms with van der Waals surface area (Å²) in [5.41, 5.74) is 2.41. The molecule has 1 aromatic heterocycles. The SMILES string of the molecule is CCN1CCN(Cc2ccc(CNC(=O)c3ccco3)cc2)CC1. The summed E-state index contributed by atoms with van der Waals surface area (Å²) in [5, 5.41) is 2.86. The van der Waals surface area contributed by atoms with Crippen LogP contribution >= 0.6 is 0 Å². The number of likely N-dealkylation sites (N-methyl/N-ethyl adjacent to an activating group) is 1. The Morgan fingerprint density at radius 1 is 1.04 bits per heavy atom. The third-order valence-electron chi connectivity index (χ3n) is 4.54. The molecule has 0 unspecified atom stereocenters. The van der Waals surface area contributed by atoms with E-state index in [4.69, 9.17) is 4.42 Å². The number of hydrogen-bond acceptors (Lipinski definition) is 4. The summed E-state index contributed by atoms with van der Waals surface area (Å²) < 4.78 is 5.08. The molecule has 0 radical (unpaired) electrons. The molecule has 2 heterocycles. The van der Waals surface area contributed by atoms with E-state index in [1.807, 2.05) is 0 Å². The fraction of sp³-hybridized carbons (Fsp3) is 0.421. The molecular formula is C19H25N3O2. The van der Waals surface area contributed by atoms with Crippen LogP contribution in [-0.2, 0) is 13.1 Å². The molecule has 5 nitrogen and oxygen atoms in total. The van der Waals surface area contributed by atoms with Crippen LogP contribution in [0.2, 0.25) is 0 Å². The predicted molar refractivity (Wildman–Crippen MR) is 93.7 cm³/mol. The Labute approximate surface area is 143 Å². The second-order valence-electron chi connectivity index (χ2n) is 6.19. The number of carbonyl (C=O) groups is 1. The van der Waals surface area contributed by atoms with Gasteiger partial charge in [0.25, 0.3) is 5.91 Å². The van der Waals surface area contributed by atoms with E-state index in [0.717, 1.165) is 44.8 Å². The summed E-state index contributed by atoms with van der Waals surface area (Å²) in [6.07, 6.45) is 1.50. The van der Waals surface area contributed by atoms with Crippen molar-refractivity contribution >= 4 is 5.91 Å². The molecule has 0 aliphatic carbocycles. The number of piperazine rings is 1. The first-order valence-corrected chi connectivity index (χ1v) is 8.59. The number of nitrogens with one attached hydrogen (secondary N) is 1. The van der Waals surface area contributed by atoms with Gasteiger partial charge in [0, 0.05) is 39.3 Å². The van der Waals surface area contributed by atoms with Gasteiger partial charge < -0.3 is 14.6 Å². The van der Waals surface area contributed by atoms with Gasteiger partial charge in [0.15, 0.2) is 5.76 Å². The van der Waals surface area contributed by atoms with Crippen LogP contribution in [0.3, 0.4) is 0 Å². The van der Waals surface area contributed by atoms with Crippen LogP contribution in [0, 0.1) is 0 Å². The number of benzene rings is 1. The maximum absolute atomic E-state index is 11.8. The standard InChI is InChI=1S/C19H25N3O2/c1-2-21-9-11-22(12-10-21)15-17-7-5-16(6-8-17)14-20-19(23)18-4-3-13-24-18/h3-8,13H,2,9-12,14-15H2,1H3,(H,20,23). The Bertz CT molecular complexity index is 629. The number of nitrogens with zero attached hydrogens (tertiary/aromatic N) is 2. The summed E-state index contributed by atoms with van der Waals surface area (Å²) >= 11 is 0. The highest BCUT2D eigenvalue weighted by Crippen LogP contribution is 2.10. The van der Waals surface area contributed by atoms with Crippen molar-refractivity contribution in [2.24, 2.45) is 0 Å². The molecule has 3 rings (SSSR count). The van der Waals surface area contributed by atoms with Gasteiger partial charge in [-0.05, 0) is 29.8 Å². The van der Waals surface area contributed by atoms with Crippen LogP contribution in [0.5, 0.6) is 0 Å². The van der Waals surface area contributed by atoms with E-state index in [1.165, 1.54) is 11.8 Å². The number of amides is 1. The molecule has 1 aliphatic rings. The topological polar surface area (TPSA) is 48.7 Å². The lowest BCUT2D eigenvalue weighted by molar-refractivity contribution is 0.0923. The van der Waals surface area contributed by atoms with E-state index in [2.05, 4.69) is 46.3 Å². The molecule has 1 amide bonds. The van der Waals surface area contributed by atoms with Crippen molar-refractivity contribution in [1.29, 1.82) is 0 Å². The van der Waals surface area contributed by atoms with Crippen LogP contribution in [0.25, 0.3) is 0 Å². The smallest absolute Gasteiger partial charge is 0.287 e. The number of furan rings is 1. The minimum Gasteiger partial charge on any atom is -0.459 e. The van der Waals surface area contributed by atoms with E-state index in [-0.39, 0.29) is 5.91 Å².